The summed E-state index contributed by atoms with van der Waals surface area (Å²) in [6.45, 7) is 2.47. The number of hydrogen-bond donors (Lipinski definition) is 0. The van der Waals surface area contributed by atoms with Crippen LogP contribution in [0.25, 0.3) is 0 Å². The van der Waals surface area contributed by atoms with E-state index in [1.165, 1.54) is 0 Å². The zero-order chi connectivity index (χ0) is 12.3. The molecule has 88 valence electrons. The summed E-state index contributed by atoms with van der Waals surface area (Å²) in [5, 5.41) is 9.14. The Hall–Kier alpha value is -1.73. The maximum absolute atomic E-state index is 12.2. The Balaban J connectivity index is 2.20. The van der Waals surface area contributed by atoms with Crippen LogP contribution in [0.15, 0.2) is 24.4 Å². The minimum absolute atomic E-state index is 0.0730. The maximum atomic E-state index is 12.2. The van der Waals surface area contributed by atoms with Crippen LogP contribution in [0, 0.1) is 17.2 Å². The zero-order valence-corrected chi connectivity index (χ0v) is 9.67. The minimum Gasteiger partial charge on any atom is -0.378 e. The van der Waals surface area contributed by atoms with Gasteiger partial charge in [-0.2, -0.15) is 5.26 Å². The molecule has 2 rings (SSSR count). The third kappa shape index (κ3) is 2.34. The molecule has 4 nitrogen and oxygen atoms in total. The molecule has 3 unspecified atom stereocenters. The molecule has 0 bridgehead atoms. The predicted molar refractivity (Wildman–Crippen MR) is 61.1 cm³/mol. The second kappa shape index (κ2) is 5.07. The van der Waals surface area contributed by atoms with Crippen molar-refractivity contribution in [1.82, 2.24) is 4.98 Å². The number of aromatic nitrogens is 1. The SMILES string of the molecule is CC1OCCC1C(=O)C(C#N)c1ccccn1. The van der Waals surface area contributed by atoms with Gasteiger partial charge in [0.1, 0.15) is 5.92 Å². The summed E-state index contributed by atoms with van der Waals surface area (Å²) in [5.74, 6) is -1.02. The van der Waals surface area contributed by atoms with Crippen molar-refractivity contribution in [2.45, 2.75) is 25.4 Å². The Kier molecular flexibility index (Phi) is 3.50. The predicted octanol–water partition coefficient (Wildman–Crippen LogP) is 1.68. The number of Topliss-reactive ketones (excluding diaryl/α,β-unsaturated/α-hetero) is 1. The molecule has 1 fully saturated rings. The fourth-order valence-corrected chi connectivity index (χ4v) is 2.14. The number of nitriles is 1. The molecule has 0 aromatic carbocycles. The van der Waals surface area contributed by atoms with Gasteiger partial charge in [0, 0.05) is 18.7 Å². The van der Waals surface area contributed by atoms with Gasteiger partial charge in [0.25, 0.3) is 0 Å². The maximum Gasteiger partial charge on any atom is 0.161 e. The highest BCUT2D eigenvalue weighted by Gasteiger charge is 2.36. The molecule has 17 heavy (non-hydrogen) atoms. The number of hydrogen-bond acceptors (Lipinski definition) is 4. The second-order valence-corrected chi connectivity index (χ2v) is 4.19. The van der Waals surface area contributed by atoms with E-state index in [0.717, 1.165) is 0 Å². The van der Waals surface area contributed by atoms with Crippen LogP contribution in [0.5, 0.6) is 0 Å². The van der Waals surface area contributed by atoms with Crippen LogP contribution in [0.3, 0.4) is 0 Å². The Bertz CT molecular complexity index is 438. The van der Waals surface area contributed by atoms with E-state index in [1.54, 1.807) is 24.4 Å². The lowest BCUT2D eigenvalue weighted by molar-refractivity contribution is -0.124. The minimum atomic E-state index is -0.773. The second-order valence-electron chi connectivity index (χ2n) is 4.19. The van der Waals surface area contributed by atoms with E-state index in [4.69, 9.17) is 10.00 Å². The van der Waals surface area contributed by atoms with E-state index < -0.39 is 5.92 Å². The van der Waals surface area contributed by atoms with Crippen LogP contribution >= 0.6 is 0 Å². The fourth-order valence-electron chi connectivity index (χ4n) is 2.14. The standard InChI is InChI=1S/C13H14N2O2/c1-9-10(5-7-17-9)13(16)11(8-14)12-4-2-3-6-15-12/h2-4,6,9-11H,5,7H2,1H3. The van der Waals surface area contributed by atoms with Crippen molar-refractivity contribution in [2.75, 3.05) is 6.61 Å². The molecule has 1 aromatic heterocycles. The number of ether oxygens (including phenoxy) is 1. The first-order valence-corrected chi connectivity index (χ1v) is 5.70. The third-order valence-electron chi connectivity index (χ3n) is 3.14. The van der Waals surface area contributed by atoms with E-state index in [2.05, 4.69) is 4.98 Å². The summed E-state index contributed by atoms with van der Waals surface area (Å²) < 4.78 is 5.37. The first kappa shape index (κ1) is 11.7. The lowest BCUT2D eigenvalue weighted by atomic mass is 9.87. The summed E-state index contributed by atoms with van der Waals surface area (Å²) >= 11 is 0. The largest absolute Gasteiger partial charge is 0.378 e. The molecule has 1 saturated heterocycles. The average molecular weight is 230 g/mol. The molecule has 3 atom stereocenters. The third-order valence-corrected chi connectivity index (χ3v) is 3.14. The van der Waals surface area contributed by atoms with Gasteiger partial charge in [0.2, 0.25) is 0 Å². The van der Waals surface area contributed by atoms with Crippen molar-refractivity contribution in [3.8, 4) is 6.07 Å². The van der Waals surface area contributed by atoms with Crippen LogP contribution in [0.1, 0.15) is 25.0 Å². The van der Waals surface area contributed by atoms with Gasteiger partial charge in [0.15, 0.2) is 5.78 Å². The molecule has 1 aromatic rings. The molecule has 0 amide bonds. The monoisotopic (exact) mass is 230 g/mol. The van der Waals surface area contributed by atoms with Crippen molar-refractivity contribution in [3.63, 3.8) is 0 Å². The molecule has 0 saturated carbocycles. The molecule has 4 heteroatoms. The molecule has 0 spiro atoms. The smallest absolute Gasteiger partial charge is 0.161 e. The Morgan fingerprint density at radius 3 is 3.00 bits per heavy atom. The quantitative estimate of drug-likeness (QED) is 0.792. The lowest BCUT2D eigenvalue weighted by Gasteiger charge is -2.15. The normalized spacial score (nSPS) is 25.2. The van der Waals surface area contributed by atoms with Gasteiger partial charge in [0.05, 0.1) is 17.9 Å². The van der Waals surface area contributed by atoms with Crippen LogP contribution in [-0.2, 0) is 9.53 Å². The van der Waals surface area contributed by atoms with Crippen molar-refractivity contribution < 1.29 is 9.53 Å². The lowest BCUT2D eigenvalue weighted by Crippen LogP contribution is -2.26. The number of pyridine rings is 1. The van der Waals surface area contributed by atoms with Crippen molar-refractivity contribution in [2.24, 2.45) is 5.92 Å². The molecule has 1 aliphatic rings. The molecule has 0 aliphatic carbocycles. The van der Waals surface area contributed by atoms with E-state index >= 15 is 0 Å². The van der Waals surface area contributed by atoms with Gasteiger partial charge in [-0.1, -0.05) is 6.07 Å². The van der Waals surface area contributed by atoms with Crippen molar-refractivity contribution >= 4 is 5.78 Å². The summed E-state index contributed by atoms with van der Waals surface area (Å²) in [6, 6.07) is 7.32. The van der Waals surface area contributed by atoms with E-state index in [9.17, 15) is 4.79 Å². The number of carbonyl (C=O) groups is 1. The number of rotatable bonds is 3. The van der Waals surface area contributed by atoms with E-state index in [-0.39, 0.29) is 17.8 Å². The molecule has 2 heterocycles. The summed E-state index contributed by atoms with van der Waals surface area (Å²) in [4.78, 5) is 16.3. The average Bonchev–Trinajstić information content (AvgIpc) is 2.77. The fraction of sp³-hybridized carbons (Fsp3) is 0.462. The van der Waals surface area contributed by atoms with Crippen LogP contribution in [0.2, 0.25) is 0 Å². The molecular formula is C13H14N2O2. The molecular weight excluding hydrogens is 216 g/mol. The zero-order valence-electron chi connectivity index (χ0n) is 9.67. The highest BCUT2D eigenvalue weighted by Crippen LogP contribution is 2.27. The van der Waals surface area contributed by atoms with Gasteiger partial charge < -0.3 is 4.74 Å². The highest BCUT2D eigenvalue weighted by molar-refractivity contribution is 5.90. The first-order chi connectivity index (χ1) is 8.24. The van der Waals surface area contributed by atoms with Gasteiger partial charge in [-0.15, -0.1) is 0 Å². The summed E-state index contributed by atoms with van der Waals surface area (Å²) in [5.41, 5.74) is 0.527. The van der Waals surface area contributed by atoms with Crippen LogP contribution in [0.4, 0.5) is 0 Å². The summed E-state index contributed by atoms with van der Waals surface area (Å²) in [6.07, 6.45) is 2.20. The Morgan fingerprint density at radius 1 is 1.65 bits per heavy atom. The first-order valence-electron chi connectivity index (χ1n) is 5.70. The van der Waals surface area contributed by atoms with E-state index in [0.29, 0.717) is 18.7 Å². The Labute approximate surface area is 100 Å². The van der Waals surface area contributed by atoms with Gasteiger partial charge >= 0.3 is 0 Å². The summed E-state index contributed by atoms with van der Waals surface area (Å²) in [7, 11) is 0. The van der Waals surface area contributed by atoms with E-state index in [1.807, 2.05) is 13.0 Å². The van der Waals surface area contributed by atoms with Crippen LogP contribution in [-0.4, -0.2) is 23.5 Å². The van der Waals surface area contributed by atoms with Gasteiger partial charge in [-0.25, -0.2) is 0 Å². The van der Waals surface area contributed by atoms with Crippen LogP contribution < -0.4 is 0 Å². The number of nitrogens with zero attached hydrogens (tertiary/aromatic N) is 2. The molecule has 1 aliphatic heterocycles. The van der Waals surface area contributed by atoms with Crippen molar-refractivity contribution in [1.29, 1.82) is 5.26 Å². The topological polar surface area (TPSA) is 63.0 Å². The molecule has 0 radical (unpaired) electrons. The number of ketones is 1. The number of carbonyl (C=O) groups excluding carboxylic acids is 1. The Morgan fingerprint density at radius 2 is 2.47 bits per heavy atom. The molecule has 0 N–H and O–H groups in total. The van der Waals surface area contributed by atoms with Crippen molar-refractivity contribution in [3.05, 3.63) is 30.1 Å². The van der Waals surface area contributed by atoms with Gasteiger partial charge in [-0.3, -0.25) is 9.78 Å². The highest BCUT2D eigenvalue weighted by atomic mass is 16.5. The van der Waals surface area contributed by atoms with Gasteiger partial charge in [-0.05, 0) is 25.5 Å².